The summed E-state index contributed by atoms with van der Waals surface area (Å²) in [6.07, 6.45) is 0.979. The van der Waals surface area contributed by atoms with Gasteiger partial charge in [-0.3, -0.25) is 0 Å². The number of nitrogens with two attached hydrogens (primary N) is 2. The Balaban J connectivity index is 1.93. The van der Waals surface area contributed by atoms with E-state index in [0.29, 0.717) is 18.2 Å². The van der Waals surface area contributed by atoms with E-state index in [1.165, 1.54) is 0 Å². The first kappa shape index (κ1) is 11.3. The van der Waals surface area contributed by atoms with E-state index < -0.39 is 0 Å². The highest BCUT2D eigenvalue weighted by Crippen LogP contribution is 2.38. The highest BCUT2D eigenvalue weighted by Gasteiger charge is 2.31. The second-order valence-corrected chi connectivity index (χ2v) is 4.81. The Hall–Kier alpha value is -1.76. The zero-order valence-corrected chi connectivity index (χ0v) is 10.4. The summed E-state index contributed by atoms with van der Waals surface area (Å²) in [5.74, 6) is 2.40. The molecule has 0 bridgehead atoms. The monoisotopic (exact) mass is 250 g/mol. The third-order valence-corrected chi connectivity index (χ3v) is 3.34. The Morgan fingerprint density at radius 2 is 2.22 bits per heavy atom. The largest absolute Gasteiger partial charge is 0.484 e. The van der Waals surface area contributed by atoms with Gasteiger partial charge in [0.25, 0.3) is 0 Å². The van der Waals surface area contributed by atoms with Crippen LogP contribution in [0.4, 0.5) is 17.6 Å². The molecule has 0 aliphatic carbocycles. The fraction of sp³-hybridized carbons (Fsp3) is 0.636. The molecule has 1 fully saturated rings. The van der Waals surface area contributed by atoms with Crippen LogP contribution in [0.2, 0.25) is 0 Å². The van der Waals surface area contributed by atoms with E-state index in [1.807, 2.05) is 0 Å². The van der Waals surface area contributed by atoms with Crippen LogP contribution in [0, 0.1) is 0 Å². The summed E-state index contributed by atoms with van der Waals surface area (Å²) in [6, 6.07) is 0.482. The minimum absolute atomic E-state index is 0.205. The third kappa shape index (κ3) is 1.80. The van der Waals surface area contributed by atoms with Gasteiger partial charge < -0.3 is 26.4 Å². The number of hydrogen-bond acceptors (Lipinski definition) is 7. The van der Waals surface area contributed by atoms with Crippen LogP contribution in [-0.2, 0) is 0 Å². The van der Waals surface area contributed by atoms with E-state index in [9.17, 15) is 0 Å². The van der Waals surface area contributed by atoms with Crippen molar-refractivity contribution in [2.24, 2.45) is 5.73 Å². The molecule has 2 aliphatic heterocycles. The normalized spacial score (nSPS) is 22.8. The van der Waals surface area contributed by atoms with E-state index in [4.69, 9.17) is 16.2 Å². The van der Waals surface area contributed by atoms with Crippen molar-refractivity contribution in [1.82, 2.24) is 9.97 Å². The second kappa shape index (κ2) is 4.16. The van der Waals surface area contributed by atoms with Gasteiger partial charge in [-0.05, 0) is 6.42 Å². The fourth-order valence-corrected chi connectivity index (χ4v) is 2.23. The number of aromatic nitrogens is 2. The quantitative estimate of drug-likeness (QED) is 0.667. The molecule has 1 aromatic heterocycles. The summed E-state index contributed by atoms with van der Waals surface area (Å²) in [5.41, 5.74) is 11.5. The summed E-state index contributed by atoms with van der Waals surface area (Å²) < 4.78 is 5.78. The van der Waals surface area contributed by atoms with Crippen molar-refractivity contribution in [3.8, 4) is 5.75 Å². The van der Waals surface area contributed by atoms with Crippen molar-refractivity contribution in [2.45, 2.75) is 25.4 Å². The number of rotatable bonds is 2. The highest BCUT2D eigenvalue weighted by molar-refractivity contribution is 5.69. The molecule has 3 rings (SSSR count). The fourth-order valence-electron chi connectivity index (χ4n) is 2.23. The van der Waals surface area contributed by atoms with Crippen LogP contribution in [0.5, 0.6) is 5.75 Å². The third-order valence-electron chi connectivity index (χ3n) is 3.34. The molecule has 0 radical (unpaired) electrons. The van der Waals surface area contributed by atoms with Crippen molar-refractivity contribution in [1.29, 1.82) is 0 Å². The lowest BCUT2D eigenvalue weighted by Crippen LogP contribution is -2.56. The van der Waals surface area contributed by atoms with Gasteiger partial charge in [-0.1, -0.05) is 6.92 Å². The Bertz CT molecular complexity index is 459. The Morgan fingerprint density at radius 3 is 2.89 bits per heavy atom. The lowest BCUT2D eigenvalue weighted by Gasteiger charge is -2.39. The molecular weight excluding hydrogens is 232 g/mol. The summed E-state index contributed by atoms with van der Waals surface area (Å²) in [4.78, 5) is 10.5. The molecule has 5 N–H and O–H groups in total. The Kier molecular flexibility index (Phi) is 2.62. The van der Waals surface area contributed by atoms with Crippen molar-refractivity contribution in [3.63, 3.8) is 0 Å². The maximum Gasteiger partial charge on any atom is 0.224 e. The van der Waals surface area contributed by atoms with E-state index in [1.54, 1.807) is 0 Å². The van der Waals surface area contributed by atoms with Crippen LogP contribution in [0.1, 0.15) is 13.3 Å². The topological polar surface area (TPSA) is 102 Å². The van der Waals surface area contributed by atoms with Crippen molar-refractivity contribution >= 4 is 17.6 Å². The van der Waals surface area contributed by atoms with Crippen LogP contribution in [0.15, 0.2) is 0 Å². The maximum atomic E-state index is 5.79. The van der Waals surface area contributed by atoms with Gasteiger partial charge >= 0.3 is 0 Å². The molecule has 0 saturated carbocycles. The number of nitrogens with one attached hydrogen (secondary N) is 1. The summed E-state index contributed by atoms with van der Waals surface area (Å²) in [7, 11) is 0. The molecule has 7 heteroatoms. The Morgan fingerprint density at radius 1 is 1.44 bits per heavy atom. The predicted octanol–water partition coefficient (Wildman–Crippen LogP) is -0.211. The van der Waals surface area contributed by atoms with Crippen LogP contribution >= 0.6 is 0 Å². The lowest BCUT2D eigenvalue weighted by atomic mass is 10.1. The van der Waals surface area contributed by atoms with Gasteiger partial charge in [-0.25, -0.2) is 0 Å². The number of nitrogens with zero attached hydrogens (tertiary/aromatic N) is 3. The standard InChI is InChI=1S/C11H18N6O/c1-2-7-5-18-8-9(14-7)15-11(13)16-10(8)17-3-6(12)4-17/h6-7H,2-5,12H2,1H3,(H3,13,14,15,16)/t7-/m1/s1. The second-order valence-electron chi connectivity index (χ2n) is 4.81. The first-order valence-corrected chi connectivity index (χ1v) is 6.24. The van der Waals surface area contributed by atoms with Gasteiger partial charge in [-0.2, -0.15) is 9.97 Å². The summed E-state index contributed by atoms with van der Waals surface area (Å²) in [5, 5.41) is 3.33. The first-order valence-electron chi connectivity index (χ1n) is 6.24. The lowest BCUT2D eigenvalue weighted by molar-refractivity contribution is 0.277. The van der Waals surface area contributed by atoms with Crippen molar-refractivity contribution in [2.75, 3.05) is 35.6 Å². The molecule has 2 aliphatic rings. The minimum atomic E-state index is 0.205. The molecule has 0 unspecified atom stereocenters. The van der Waals surface area contributed by atoms with E-state index >= 15 is 0 Å². The van der Waals surface area contributed by atoms with Gasteiger partial charge in [0.2, 0.25) is 11.7 Å². The van der Waals surface area contributed by atoms with Gasteiger partial charge in [0.05, 0.1) is 6.04 Å². The van der Waals surface area contributed by atoms with Gasteiger partial charge in [0, 0.05) is 19.1 Å². The van der Waals surface area contributed by atoms with Crippen molar-refractivity contribution < 1.29 is 4.74 Å². The molecule has 1 aromatic rings. The Labute approximate surface area is 106 Å². The zero-order valence-electron chi connectivity index (χ0n) is 10.4. The molecule has 7 nitrogen and oxygen atoms in total. The molecule has 1 saturated heterocycles. The SMILES string of the molecule is CC[C@@H]1COc2c(nc(N)nc2N2CC(N)C2)N1. The maximum absolute atomic E-state index is 5.79. The van der Waals surface area contributed by atoms with Gasteiger partial charge in [0.15, 0.2) is 11.6 Å². The molecule has 3 heterocycles. The number of anilines is 3. The van der Waals surface area contributed by atoms with E-state index in [-0.39, 0.29) is 18.0 Å². The van der Waals surface area contributed by atoms with Crippen molar-refractivity contribution in [3.05, 3.63) is 0 Å². The summed E-state index contributed by atoms with van der Waals surface area (Å²) in [6.45, 7) is 4.29. The predicted molar refractivity (Wildman–Crippen MR) is 69.8 cm³/mol. The van der Waals surface area contributed by atoms with Crippen LogP contribution < -0.4 is 26.4 Å². The minimum Gasteiger partial charge on any atom is -0.484 e. The zero-order chi connectivity index (χ0) is 12.7. The number of fused-ring (bicyclic) bond motifs is 1. The average Bonchev–Trinajstić information content (AvgIpc) is 2.33. The smallest absolute Gasteiger partial charge is 0.224 e. The first-order chi connectivity index (χ1) is 8.67. The van der Waals surface area contributed by atoms with E-state index in [2.05, 4.69) is 27.1 Å². The number of hydrogen-bond donors (Lipinski definition) is 3. The van der Waals surface area contributed by atoms with Crippen LogP contribution in [0.25, 0.3) is 0 Å². The highest BCUT2D eigenvalue weighted by atomic mass is 16.5. The molecule has 98 valence electrons. The number of ether oxygens (including phenoxy) is 1. The van der Waals surface area contributed by atoms with Gasteiger partial charge in [0.1, 0.15) is 6.61 Å². The summed E-state index contributed by atoms with van der Waals surface area (Å²) >= 11 is 0. The van der Waals surface area contributed by atoms with E-state index in [0.717, 1.165) is 25.3 Å². The molecule has 0 spiro atoms. The van der Waals surface area contributed by atoms with Crippen LogP contribution in [0.3, 0.4) is 0 Å². The number of nitrogen functional groups attached to an aromatic ring is 1. The average molecular weight is 250 g/mol. The molecule has 0 amide bonds. The molecular formula is C11H18N6O. The van der Waals surface area contributed by atoms with Crippen LogP contribution in [-0.4, -0.2) is 41.7 Å². The van der Waals surface area contributed by atoms with Gasteiger partial charge in [-0.15, -0.1) is 0 Å². The molecule has 18 heavy (non-hydrogen) atoms. The molecule has 1 atom stereocenters. The molecule has 0 aromatic carbocycles.